The first-order valence-electron chi connectivity index (χ1n) is 20.3. The Hall–Kier alpha value is -2.57. The Kier molecular flexibility index (Phi) is 60.7. The Morgan fingerprint density at radius 2 is 1.30 bits per heavy atom. The Bertz CT molecular complexity index is 944. The van der Waals surface area contributed by atoms with Gasteiger partial charge >= 0.3 is 0 Å². The van der Waals surface area contributed by atoms with E-state index in [0.717, 1.165) is 37.0 Å². The van der Waals surface area contributed by atoms with Crippen LogP contribution in [0.4, 0.5) is 0 Å². The van der Waals surface area contributed by atoms with Crippen molar-refractivity contribution >= 4 is 29.4 Å². The van der Waals surface area contributed by atoms with Crippen LogP contribution in [-0.4, -0.2) is 24.9 Å². The number of hydrogen-bond donors (Lipinski definition) is 3. The van der Waals surface area contributed by atoms with Crippen molar-refractivity contribution in [3.63, 3.8) is 0 Å². The fourth-order valence-electron chi connectivity index (χ4n) is 3.98. The number of amides is 1. The lowest BCUT2D eigenvalue weighted by Crippen LogP contribution is -2.09. The molecule has 5 nitrogen and oxygen atoms in total. The summed E-state index contributed by atoms with van der Waals surface area (Å²) in [6, 6.07) is 8.19. The van der Waals surface area contributed by atoms with E-state index < -0.39 is 0 Å². The normalized spacial score (nSPS) is 9.34. The topological polar surface area (TPSA) is 92.4 Å². The molecule has 0 unspecified atom stereocenters. The maximum absolute atomic E-state index is 10.2. The second kappa shape index (κ2) is 51.5. The molecule has 0 fully saturated rings. The van der Waals surface area contributed by atoms with Crippen LogP contribution in [0.2, 0.25) is 0 Å². The van der Waals surface area contributed by atoms with Gasteiger partial charge < -0.3 is 21.0 Å². The highest BCUT2D eigenvalue weighted by atomic mass is 32.2. The van der Waals surface area contributed by atoms with Gasteiger partial charge in [-0.05, 0) is 74.3 Å². The Morgan fingerprint density at radius 1 is 0.868 bits per heavy atom. The van der Waals surface area contributed by atoms with Crippen molar-refractivity contribution in [1.29, 1.82) is 0 Å². The van der Waals surface area contributed by atoms with E-state index in [4.69, 9.17) is 15.6 Å². The molecule has 1 aromatic rings. The summed E-state index contributed by atoms with van der Waals surface area (Å²) in [4.78, 5) is 20.2. The average molecular weight is 763 g/mol. The predicted molar refractivity (Wildman–Crippen MR) is 245 cm³/mol. The van der Waals surface area contributed by atoms with E-state index in [1.807, 2.05) is 37.5 Å². The number of benzene rings is 1. The Morgan fingerprint density at radius 3 is 1.60 bits per heavy atom. The molecule has 0 saturated heterocycles. The van der Waals surface area contributed by atoms with Crippen LogP contribution in [0.15, 0.2) is 66.8 Å². The first kappa shape index (κ1) is 62.4. The molecule has 0 atom stereocenters. The van der Waals surface area contributed by atoms with Gasteiger partial charge in [0.05, 0.1) is 0 Å². The molecule has 6 heteroatoms. The molecule has 0 spiro atoms. The van der Waals surface area contributed by atoms with Gasteiger partial charge in [-0.25, -0.2) is 0 Å². The Labute approximate surface area is 336 Å². The zero-order valence-electron chi connectivity index (χ0n) is 37.4. The predicted octanol–water partition coefficient (Wildman–Crippen LogP) is 14.6. The largest absolute Gasteiger partial charge is 0.403 e. The number of aliphatic hydroxyl groups excluding tert-OH is 1. The van der Waals surface area contributed by atoms with Gasteiger partial charge in [-0.2, -0.15) is 0 Å². The van der Waals surface area contributed by atoms with E-state index in [9.17, 15) is 4.79 Å². The van der Waals surface area contributed by atoms with Crippen molar-refractivity contribution in [2.24, 2.45) is 17.1 Å². The molecule has 0 aliphatic rings. The summed E-state index contributed by atoms with van der Waals surface area (Å²) < 4.78 is 0. The molecule has 0 heterocycles. The number of thioether (sulfide) groups is 1. The van der Waals surface area contributed by atoms with E-state index in [2.05, 4.69) is 99.5 Å². The summed E-state index contributed by atoms with van der Waals surface area (Å²) in [5.41, 5.74) is 10.4. The number of nitrogens with two attached hydrogens (primary N) is 1. The summed E-state index contributed by atoms with van der Waals surface area (Å²) in [7, 11) is 1.00. The number of allylic oxidation sites excluding steroid dienone is 3. The third-order valence-corrected chi connectivity index (χ3v) is 8.41. The van der Waals surface area contributed by atoms with E-state index >= 15 is 0 Å². The molecule has 1 amide bonds. The Balaban J connectivity index is -0.000000140. The second-order valence-corrected chi connectivity index (χ2v) is 15.1. The number of unbranched alkanes of at least 4 members (excludes halogenated alkanes) is 10. The number of nitrogens with one attached hydrogen (secondary N) is 1. The van der Waals surface area contributed by atoms with Crippen molar-refractivity contribution in [1.82, 2.24) is 5.32 Å². The number of rotatable bonds is 21. The quantitative estimate of drug-likeness (QED) is 0.0659. The molecule has 1 rings (SSSR count). The van der Waals surface area contributed by atoms with Gasteiger partial charge in [-0.15, -0.1) is 6.58 Å². The molecule has 4 N–H and O–H groups in total. The average Bonchev–Trinajstić information content (AvgIpc) is 3.13. The van der Waals surface area contributed by atoms with Crippen LogP contribution in [0.3, 0.4) is 0 Å². The number of carbonyl (C=O) groups excluding carboxylic acids is 2. The summed E-state index contributed by atoms with van der Waals surface area (Å²) in [5, 5.41) is 11.5. The highest BCUT2D eigenvalue weighted by Crippen LogP contribution is 2.31. The highest BCUT2D eigenvalue weighted by Gasteiger charge is 2.04. The summed E-state index contributed by atoms with van der Waals surface area (Å²) in [5.74, 6) is 0.903. The van der Waals surface area contributed by atoms with Crippen LogP contribution in [0.5, 0.6) is 0 Å². The van der Waals surface area contributed by atoms with Crippen molar-refractivity contribution in [2.75, 3.05) is 7.11 Å². The second-order valence-electron chi connectivity index (χ2n) is 14.2. The lowest BCUT2D eigenvalue weighted by atomic mass is 9.94. The van der Waals surface area contributed by atoms with E-state index in [-0.39, 0.29) is 0 Å². The molecule has 312 valence electrons. The van der Waals surface area contributed by atoms with Gasteiger partial charge in [0.15, 0.2) is 0 Å². The summed E-state index contributed by atoms with van der Waals surface area (Å²) >= 11 is 1.63. The van der Waals surface area contributed by atoms with Crippen molar-refractivity contribution in [3.8, 4) is 0 Å². The summed E-state index contributed by atoms with van der Waals surface area (Å²) in [6.07, 6.45) is 23.3. The van der Waals surface area contributed by atoms with Crippen molar-refractivity contribution in [3.05, 3.63) is 77.9 Å². The van der Waals surface area contributed by atoms with Crippen LogP contribution < -0.4 is 11.1 Å². The molecule has 0 aliphatic heterocycles. The van der Waals surface area contributed by atoms with Crippen LogP contribution in [0.1, 0.15) is 191 Å². The molecular weight excluding hydrogens is 673 g/mol. The highest BCUT2D eigenvalue weighted by molar-refractivity contribution is 8.10. The zero-order chi connectivity index (χ0) is 42.3. The molecule has 53 heavy (non-hydrogen) atoms. The minimum absolute atomic E-state index is 0.542. The molecular formula is C47H90N2O3S. The minimum Gasteiger partial charge on any atom is -0.403 e. The molecule has 0 bridgehead atoms. The lowest BCUT2D eigenvalue weighted by molar-refractivity contribution is -0.109. The zero-order valence-corrected chi connectivity index (χ0v) is 38.2. The van der Waals surface area contributed by atoms with Crippen LogP contribution in [0, 0.1) is 11.3 Å². The van der Waals surface area contributed by atoms with Crippen LogP contribution >= 0.6 is 11.8 Å². The number of aldehydes is 1. The fraction of sp³-hybridized carbons (Fsp3) is 0.660. The SMILES string of the molecule is C=CCCCCCCCCCCCC(=C)N.C=CSC(=C(C)C)c1ccc(CNC=O)cc1.CC.CC=O.CCC(C)(C)C.CCCCC(C)C.CO. The molecule has 0 saturated carbocycles. The standard InChI is InChI=1S/C15H29N.C14H17NOS.C7H16.C6H14.C2H4O.C2H6.CH4O/c1-3-4-5-6-7-8-9-10-11-12-13-14-15(2)16;1-4-17-14(11(2)3)13-7-5-12(6-8-13)9-15-10-16;1-4-5-6-7(2)3;1-5-6(2,3)4;1-2-3;2*1-2/h3H,1-2,4-14,16H2;4-8,10H,1,9H2,2-3H3,(H,15,16);7H,4-6H2,1-3H3;5H2,1-4H3;2H,1H3;1-2H3;2H,1H3. The minimum atomic E-state index is 0.542. The molecule has 0 aromatic heterocycles. The molecule has 0 aliphatic carbocycles. The lowest BCUT2D eigenvalue weighted by Gasteiger charge is -2.12. The van der Waals surface area contributed by atoms with E-state index in [1.165, 1.54) is 113 Å². The van der Waals surface area contributed by atoms with Gasteiger partial charge in [0.1, 0.15) is 6.29 Å². The van der Waals surface area contributed by atoms with Gasteiger partial charge in [0.25, 0.3) is 0 Å². The molecule has 0 radical (unpaired) electrons. The number of carbonyl (C=O) groups is 2. The monoisotopic (exact) mass is 763 g/mol. The van der Waals surface area contributed by atoms with Crippen LogP contribution in [-0.2, 0) is 16.1 Å². The maximum Gasteiger partial charge on any atom is 0.207 e. The smallest absolute Gasteiger partial charge is 0.207 e. The van der Waals surface area contributed by atoms with Crippen LogP contribution in [0.25, 0.3) is 4.91 Å². The van der Waals surface area contributed by atoms with Gasteiger partial charge in [-0.1, -0.05) is 194 Å². The van der Waals surface area contributed by atoms with E-state index in [1.54, 1.807) is 11.8 Å². The number of aliphatic hydroxyl groups is 1. The van der Waals surface area contributed by atoms with Crippen molar-refractivity contribution in [2.45, 2.75) is 186 Å². The van der Waals surface area contributed by atoms with Gasteiger partial charge in [0, 0.05) is 24.3 Å². The third-order valence-electron chi connectivity index (χ3n) is 7.36. The first-order chi connectivity index (χ1) is 25.2. The van der Waals surface area contributed by atoms with E-state index in [0.29, 0.717) is 18.4 Å². The van der Waals surface area contributed by atoms with Crippen molar-refractivity contribution < 1.29 is 14.7 Å². The van der Waals surface area contributed by atoms with Gasteiger partial charge in [-0.3, -0.25) is 4.79 Å². The third kappa shape index (κ3) is 61.8. The fourth-order valence-corrected chi connectivity index (χ4v) is 4.66. The molecule has 1 aromatic carbocycles. The first-order valence-corrected chi connectivity index (χ1v) is 21.2. The number of hydrogen-bond acceptors (Lipinski definition) is 5. The van der Waals surface area contributed by atoms with Gasteiger partial charge in [0.2, 0.25) is 6.41 Å². The summed E-state index contributed by atoms with van der Waals surface area (Å²) in [6.45, 7) is 37.1. The maximum atomic E-state index is 10.2.